The van der Waals surface area contributed by atoms with Crippen LogP contribution in [0, 0.1) is 11.3 Å². The molecule has 0 amide bonds. The van der Waals surface area contributed by atoms with E-state index in [0.29, 0.717) is 18.6 Å². The number of aldehydes is 1. The fourth-order valence-corrected chi connectivity index (χ4v) is 3.19. The van der Waals surface area contributed by atoms with E-state index in [4.69, 9.17) is 0 Å². The van der Waals surface area contributed by atoms with Gasteiger partial charge >= 0.3 is 12.4 Å². The predicted molar refractivity (Wildman–Crippen MR) is 122 cm³/mol. The molecule has 0 spiro atoms. The number of halogens is 6. The van der Waals surface area contributed by atoms with Crippen molar-refractivity contribution < 1.29 is 36.2 Å². The number of carbonyl (C=O) groups excluding carboxylic acids is 1. The van der Waals surface area contributed by atoms with Crippen molar-refractivity contribution in [2.24, 2.45) is 0 Å². The van der Waals surface area contributed by atoms with Gasteiger partial charge in [0.25, 0.3) is 5.60 Å². The normalized spacial score (nSPS) is 12.5. The maximum Gasteiger partial charge on any atom is 0.430 e. The van der Waals surface area contributed by atoms with E-state index >= 15 is 0 Å². The molecule has 0 aromatic heterocycles. The van der Waals surface area contributed by atoms with E-state index < -0.39 is 29.6 Å². The Hall–Kier alpha value is -3.84. The van der Waals surface area contributed by atoms with E-state index in [2.05, 4.69) is 5.32 Å². The van der Waals surface area contributed by atoms with Crippen molar-refractivity contribution in [2.75, 3.05) is 5.32 Å². The Balaban J connectivity index is 0.000000425. The van der Waals surface area contributed by atoms with Gasteiger partial charge in [0, 0.05) is 24.1 Å². The largest absolute Gasteiger partial charge is 0.430 e. The molecule has 36 heavy (non-hydrogen) atoms. The topological polar surface area (TPSA) is 73.1 Å². The summed E-state index contributed by atoms with van der Waals surface area (Å²) in [4.78, 5) is 9.97. The van der Waals surface area contributed by atoms with Crippen LogP contribution in [-0.2, 0) is 23.2 Å². The molecule has 0 radical (unpaired) electrons. The summed E-state index contributed by atoms with van der Waals surface area (Å²) in [6, 6.07) is 22.8. The van der Waals surface area contributed by atoms with Crippen LogP contribution in [0.5, 0.6) is 0 Å². The fourth-order valence-electron chi connectivity index (χ4n) is 3.19. The van der Waals surface area contributed by atoms with E-state index in [0.717, 1.165) is 29.5 Å². The van der Waals surface area contributed by atoms with Crippen molar-refractivity contribution in [2.45, 2.75) is 36.8 Å². The SMILES string of the molecule is N#CC(Cc1ccccc1)Nc1ccc(C(O)(C(F)(F)F)C(F)(F)F)cc1.O=CCc1ccccc1. The molecule has 0 aliphatic rings. The lowest BCUT2D eigenvalue weighted by Crippen LogP contribution is -2.53. The molecular weight excluding hydrogens is 486 g/mol. The molecule has 0 aliphatic carbocycles. The third-order valence-corrected chi connectivity index (χ3v) is 5.06. The maximum atomic E-state index is 12.9. The van der Waals surface area contributed by atoms with Crippen molar-refractivity contribution in [3.8, 4) is 6.07 Å². The van der Waals surface area contributed by atoms with Gasteiger partial charge in [0.15, 0.2) is 0 Å². The minimum atomic E-state index is -5.94. The van der Waals surface area contributed by atoms with Gasteiger partial charge in [-0.25, -0.2) is 0 Å². The van der Waals surface area contributed by atoms with Crippen LogP contribution in [0.25, 0.3) is 0 Å². The first-order chi connectivity index (χ1) is 16.9. The number of alkyl halides is 6. The number of rotatable bonds is 7. The van der Waals surface area contributed by atoms with Crippen LogP contribution in [0.4, 0.5) is 32.0 Å². The van der Waals surface area contributed by atoms with Crippen LogP contribution in [0.1, 0.15) is 16.7 Å². The summed E-state index contributed by atoms with van der Waals surface area (Å²) in [5.74, 6) is 0. The highest BCUT2D eigenvalue weighted by Gasteiger charge is 2.71. The number of aliphatic hydroxyl groups is 1. The summed E-state index contributed by atoms with van der Waals surface area (Å²) in [5, 5.41) is 21.3. The number of hydrogen-bond acceptors (Lipinski definition) is 4. The Morgan fingerprint density at radius 3 is 1.69 bits per heavy atom. The van der Waals surface area contributed by atoms with Gasteiger partial charge < -0.3 is 15.2 Å². The standard InChI is InChI=1S/C18H14F6N2O.C8H8O/c19-17(20,21)16(27,18(22,23)24)13-6-8-14(9-7-13)26-15(11-25)10-12-4-2-1-3-5-12;9-7-6-8-4-2-1-3-5-8/h1-9,15,26-27H,10H2;1-5,7H,6H2. The van der Waals surface area contributed by atoms with E-state index in [1.165, 1.54) is 0 Å². The van der Waals surface area contributed by atoms with Gasteiger partial charge in [-0.1, -0.05) is 72.8 Å². The van der Waals surface area contributed by atoms with Crippen LogP contribution in [0.2, 0.25) is 0 Å². The van der Waals surface area contributed by atoms with Crippen LogP contribution in [-0.4, -0.2) is 29.8 Å². The number of carbonyl (C=O) groups is 1. The highest BCUT2D eigenvalue weighted by atomic mass is 19.4. The molecule has 3 aromatic rings. The zero-order valence-corrected chi connectivity index (χ0v) is 18.7. The van der Waals surface area contributed by atoms with Gasteiger partial charge in [-0.15, -0.1) is 0 Å². The van der Waals surface area contributed by atoms with Gasteiger partial charge in [0.05, 0.1) is 6.07 Å². The van der Waals surface area contributed by atoms with E-state index in [9.17, 15) is 41.5 Å². The van der Waals surface area contributed by atoms with Crippen LogP contribution >= 0.6 is 0 Å². The van der Waals surface area contributed by atoms with E-state index in [1.807, 2.05) is 36.4 Å². The predicted octanol–water partition coefficient (Wildman–Crippen LogP) is 5.97. The molecule has 1 unspecified atom stereocenters. The first-order valence-electron chi connectivity index (χ1n) is 10.6. The highest BCUT2D eigenvalue weighted by molar-refractivity contribution is 5.54. The summed E-state index contributed by atoms with van der Waals surface area (Å²) in [6.07, 6.45) is -10.2. The van der Waals surface area contributed by atoms with Gasteiger partial charge in [0.1, 0.15) is 12.3 Å². The Labute approximate surface area is 203 Å². The molecule has 4 nitrogen and oxygen atoms in total. The minimum absolute atomic E-state index is 0.146. The Morgan fingerprint density at radius 1 is 0.806 bits per heavy atom. The molecule has 1 atom stereocenters. The molecule has 3 rings (SSSR count). The van der Waals surface area contributed by atoms with Crippen molar-refractivity contribution in [1.82, 2.24) is 0 Å². The van der Waals surface area contributed by atoms with Crippen LogP contribution < -0.4 is 5.32 Å². The van der Waals surface area contributed by atoms with Crippen LogP contribution in [0.15, 0.2) is 84.9 Å². The van der Waals surface area contributed by atoms with E-state index in [-0.39, 0.29) is 12.1 Å². The number of benzene rings is 3. The summed E-state index contributed by atoms with van der Waals surface area (Å²) < 4.78 is 77.2. The highest BCUT2D eigenvalue weighted by Crippen LogP contribution is 2.50. The smallest absolute Gasteiger partial charge is 0.370 e. The summed E-state index contributed by atoms with van der Waals surface area (Å²) in [5.41, 5.74) is -4.28. The average molecular weight is 508 g/mol. The lowest BCUT2D eigenvalue weighted by Gasteiger charge is -2.32. The average Bonchev–Trinajstić information content (AvgIpc) is 2.84. The molecule has 190 valence electrons. The molecule has 0 saturated heterocycles. The summed E-state index contributed by atoms with van der Waals surface area (Å²) in [7, 11) is 0. The second kappa shape index (κ2) is 12.2. The summed E-state index contributed by atoms with van der Waals surface area (Å²) >= 11 is 0. The fraction of sp³-hybridized carbons (Fsp3) is 0.231. The first-order valence-corrected chi connectivity index (χ1v) is 10.6. The van der Waals surface area contributed by atoms with Gasteiger partial charge in [-0.05, 0) is 23.3 Å². The molecule has 0 fully saturated rings. The molecular formula is C26H22F6N2O2. The third kappa shape index (κ3) is 7.33. The monoisotopic (exact) mass is 508 g/mol. The lowest BCUT2D eigenvalue weighted by atomic mass is 9.92. The number of hydrogen-bond donors (Lipinski definition) is 2. The number of anilines is 1. The van der Waals surface area contributed by atoms with Gasteiger partial charge in [0.2, 0.25) is 0 Å². The molecule has 0 aliphatic heterocycles. The van der Waals surface area contributed by atoms with E-state index in [1.54, 1.807) is 30.3 Å². The Kier molecular flexibility index (Phi) is 9.64. The molecule has 10 heteroatoms. The zero-order valence-electron chi connectivity index (χ0n) is 18.7. The first kappa shape index (κ1) is 28.4. The molecule has 3 aromatic carbocycles. The maximum absolute atomic E-state index is 12.9. The van der Waals surface area contributed by atoms with Crippen molar-refractivity contribution in [3.63, 3.8) is 0 Å². The number of nitrogens with zero attached hydrogens (tertiary/aromatic N) is 1. The quantitative estimate of drug-likeness (QED) is 0.305. The second-order valence-electron chi connectivity index (χ2n) is 7.66. The van der Waals surface area contributed by atoms with Gasteiger partial charge in [-0.3, -0.25) is 0 Å². The second-order valence-corrected chi connectivity index (χ2v) is 7.66. The van der Waals surface area contributed by atoms with Crippen molar-refractivity contribution in [1.29, 1.82) is 5.26 Å². The molecule has 0 bridgehead atoms. The Morgan fingerprint density at radius 2 is 1.28 bits per heavy atom. The van der Waals surface area contributed by atoms with Crippen LogP contribution in [0.3, 0.4) is 0 Å². The molecule has 0 heterocycles. The lowest BCUT2D eigenvalue weighted by molar-refractivity contribution is -0.376. The minimum Gasteiger partial charge on any atom is -0.370 e. The molecule has 0 saturated carbocycles. The third-order valence-electron chi connectivity index (χ3n) is 5.06. The van der Waals surface area contributed by atoms with Crippen molar-refractivity contribution >= 4 is 12.0 Å². The van der Waals surface area contributed by atoms with Gasteiger partial charge in [-0.2, -0.15) is 31.6 Å². The summed E-state index contributed by atoms with van der Waals surface area (Å²) in [6.45, 7) is 0. The van der Waals surface area contributed by atoms with Crippen molar-refractivity contribution in [3.05, 3.63) is 102 Å². The zero-order chi connectivity index (χ0) is 26.8. The molecule has 2 N–H and O–H groups in total. The Bertz CT molecular complexity index is 1110. The number of nitrogens with one attached hydrogen (secondary N) is 1. The number of nitriles is 1.